The lowest BCUT2D eigenvalue weighted by Gasteiger charge is -2.29. The van der Waals surface area contributed by atoms with Gasteiger partial charge in [0.15, 0.2) is 0 Å². The van der Waals surface area contributed by atoms with Crippen LogP contribution >= 0.6 is 11.6 Å². The molecule has 0 unspecified atom stereocenters. The van der Waals surface area contributed by atoms with Crippen LogP contribution in [0.25, 0.3) is 6.08 Å². The third-order valence-electron chi connectivity index (χ3n) is 6.52. The minimum Gasteiger partial charge on any atom is -0.267 e. The van der Waals surface area contributed by atoms with Crippen LogP contribution in [0.4, 0.5) is 14.5 Å². The molecule has 1 aliphatic heterocycles. The van der Waals surface area contributed by atoms with Gasteiger partial charge in [0.25, 0.3) is 11.6 Å². The van der Waals surface area contributed by atoms with Crippen LogP contribution < -0.4 is 0 Å². The third kappa shape index (κ3) is 4.52. The number of amides is 1. The van der Waals surface area contributed by atoms with Crippen LogP contribution in [0, 0.1) is 27.7 Å². The molecule has 0 aromatic heterocycles. The Hall–Kier alpha value is -3.91. The van der Waals surface area contributed by atoms with Gasteiger partial charge in [0, 0.05) is 17.5 Å². The molecule has 182 valence electrons. The van der Waals surface area contributed by atoms with Gasteiger partial charge in [-0.05, 0) is 78.4 Å². The third-order valence-corrected chi connectivity index (χ3v) is 6.84. The number of nitrogens with zero attached hydrogens (tertiary/aromatic N) is 3. The number of nitro groups is 1. The average Bonchev–Trinajstić information content (AvgIpc) is 3.26. The number of carbonyl (C=O) groups excluding carboxylic acids is 1. The largest absolute Gasteiger partial charge is 0.288 e. The molecule has 0 radical (unpaired) electrons. The average molecular weight is 508 g/mol. The van der Waals surface area contributed by atoms with Crippen molar-refractivity contribution >= 4 is 35.0 Å². The number of hydrogen-bond donors (Lipinski definition) is 0. The highest BCUT2D eigenvalue weighted by atomic mass is 35.5. The zero-order valence-electron chi connectivity index (χ0n) is 18.9. The van der Waals surface area contributed by atoms with Crippen molar-refractivity contribution in [3.05, 3.63) is 116 Å². The number of fused-ring (bicyclic) bond motifs is 1. The fourth-order valence-electron chi connectivity index (χ4n) is 4.84. The fraction of sp³-hybridized carbons (Fsp3) is 0.185. The number of rotatable bonds is 4. The quantitative estimate of drug-likeness (QED) is 0.283. The Morgan fingerprint density at radius 1 is 1.06 bits per heavy atom. The first-order chi connectivity index (χ1) is 17.3. The first-order valence-corrected chi connectivity index (χ1v) is 11.8. The van der Waals surface area contributed by atoms with Gasteiger partial charge in [-0.25, -0.2) is 13.8 Å². The van der Waals surface area contributed by atoms with Gasteiger partial charge in [0.05, 0.1) is 16.7 Å². The van der Waals surface area contributed by atoms with E-state index in [1.54, 1.807) is 24.3 Å². The molecular weight excluding hydrogens is 488 g/mol. The molecule has 9 heteroatoms. The van der Waals surface area contributed by atoms with Crippen LogP contribution in [0.3, 0.4) is 0 Å². The fourth-order valence-corrected chi connectivity index (χ4v) is 5.03. The summed E-state index contributed by atoms with van der Waals surface area (Å²) in [5.41, 5.74) is 2.89. The van der Waals surface area contributed by atoms with Gasteiger partial charge in [-0.15, -0.1) is 0 Å². The van der Waals surface area contributed by atoms with Gasteiger partial charge in [-0.3, -0.25) is 14.9 Å². The van der Waals surface area contributed by atoms with E-state index in [0.717, 1.165) is 42.2 Å². The molecule has 3 aromatic rings. The Labute approximate surface area is 210 Å². The summed E-state index contributed by atoms with van der Waals surface area (Å²) in [6, 6.07) is 15.4. The van der Waals surface area contributed by atoms with E-state index in [4.69, 9.17) is 16.7 Å². The normalized spacial score (nSPS) is 20.2. The summed E-state index contributed by atoms with van der Waals surface area (Å²) >= 11 is 5.94. The van der Waals surface area contributed by atoms with Gasteiger partial charge in [-0.2, -0.15) is 5.10 Å². The summed E-state index contributed by atoms with van der Waals surface area (Å²) in [7, 11) is 0. The van der Waals surface area contributed by atoms with Crippen molar-refractivity contribution < 1.29 is 18.5 Å². The van der Waals surface area contributed by atoms with Crippen molar-refractivity contribution in [1.82, 2.24) is 5.01 Å². The number of carbonyl (C=O) groups is 1. The Morgan fingerprint density at radius 2 is 1.72 bits per heavy atom. The molecule has 1 fully saturated rings. The lowest BCUT2D eigenvalue weighted by atomic mass is 9.77. The molecule has 1 aliphatic carbocycles. The molecule has 0 saturated heterocycles. The SMILES string of the molecule is O=C(c1ccc(Cl)c([N+](=O)[O-])c1)N1N=C2/C(=C\c3ccc(F)cc3)CCC[C@@H]2[C@H]1c1ccc(F)cc1. The Balaban J connectivity index is 1.59. The monoisotopic (exact) mass is 507 g/mol. The van der Waals surface area contributed by atoms with Crippen LogP contribution in [-0.4, -0.2) is 21.6 Å². The Kier molecular flexibility index (Phi) is 6.36. The van der Waals surface area contributed by atoms with E-state index in [2.05, 4.69) is 0 Å². The van der Waals surface area contributed by atoms with Crippen LogP contribution in [0.2, 0.25) is 5.02 Å². The van der Waals surface area contributed by atoms with Gasteiger partial charge in [0.2, 0.25) is 0 Å². The van der Waals surface area contributed by atoms with E-state index < -0.39 is 22.7 Å². The molecule has 36 heavy (non-hydrogen) atoms. The van der Waals surface area contributed by atoms with Gasteiger partial charge >= 0.3 is 0 Å². The lowest BCUT2D eigenvalue weighted by molar-refractivity contribution is -0.384. The standard InChI is InChI=1S/C27H20ClF2N3O3/c28-23-13-8-19(15-24(23)33(35)36)27(34)32-26(17-6-11-21(30)12-7-17)22-3-1-2-18(25(22)31-32)14-16-4-9-20(29)10-5-16/h4-15,22,26H,1-3H2/b18-14-/t22-,26+/m0/s1. The second-order valence-electron chi connectivity index (χ2n) is 8.77. The van der Waals surface area contributed by atoms with Gasteiger partial charge < -0.3 is 0 Å². The molecule has 3 aromatic carbocycles. The Bertz CT molecular complexity index is 1400. The Morgan fingerprint density at radius 3 is 2.39 bits per heavy atom. The molecule has 1 saturated carbocycles. The first kappa shape index (κ1) is 23.8. The van der Waals surface area contributed by atoms with Crippen LogP contribution in [0.5, 0.6) is 0 Å². The molecule has 0 bridgehead atoms. The molecule has 0 spiro atoms. The number of nitro benzene ring substituents is 1. The summed E-state index contributed by atoms with van der Waals surface area (Å²) < 4.78 is 27.1. The van der Waals surface area contributed by atoms with Crippen molar-refractivity contribution in [3.8, 4) is 0 Å². The van der Waals surface area contributed by atoms with Crippen molar-refractivity contribution in [2.75, 3.05) is 0 Å². The zero-order valence-corrected chi connectivity index (χ0v) is 19.7. The summed E-state index contributed by atoms with van der Waals surface area (Å²) in [4.78, 5) is 24.4. The maximum Gasteiger partial charge on any atom is 0.288 e. The zero-order chi connectivity index (χ0) is 25.4. The van der Waals surface area contributed by atoms with Crippen molar-refractivity contribution in [2.24, 2.45) is 11.0 Å². The van der Waals surface area contributed by atoms with Crippen LogP contribution in [-0.2, 0) is 0 Å². The van der Waals surface area contributed by atoms with E-state index >= 15 is 0 Å². The topological polar surface area (TPSA) is 75.8 Å². The number of halogens is 3. The van der Waals surface area contributed by atoms with E-state index in [0.29, 0.717) is 5.56 Å². The molecule has 2 aliphatic rings. The molecule has 5 rings (SSSR count). The number of hydrogen-bond acceptors (Lipinski definition) is 4. The van der Waals surface area contributed by atoms with Crippen molar-refractivity contribution in [1.29, 1.82) is 0 Å². The number of hydrazone groups is 1. The van der Waals surface area contributed by atoms with Crippen LogP contribution in [0.15, 0.2) is 77.4 Å². The second-order valence-corrected chi connectivity index (χ2v) is 9.18. The number of allylic oxidation sites excluding steroid dienone is 1. The molecule has 0 N–H and O–H groups in total. The highest BCUT2D eigenvalue weighted by Crippen LogP contribution is 2.45. The lowest BCUT2D eigenvalue weighted by Crippen LogP contribution is -2.32. The maximum absolute atomic E-state index is 13.7. The van der Waals surface area contributed by atoms with Crippen LogP contribution in [0.1, 0.15) is 46.8 Å². The first-order valence-electron chi connectivity index (χ1n) is 11.4. The number of benzene rings is 3. The van der Waals surface area contributed by atoms with Crippen molar-refractivity contribution in [2.45, 2.75) is 25.3 Å². The van der Waals surface area contributed by atoms with Crippen molar-refractivity contribution in [3.63, 3.8) is 0 Å². The molecule has 1 heterocycles. The maximum atomic E-state index is 13.7. The highest BCUT2D eigenvalue weighted by Gasteiger charge is 2.44. The molecular formula is C27H20ClF2N3O3. The van der Waals surface area contributed by atoms with Gasteiger partial charge in [0.1, 0.15) is 16.7 Å². The molecule has 6 nitrogen and oxygen atoms in total. The van der Waals surface area contributed by atoms with E-state index in [1.807, 2.05) is 6.08 Å². The minimum absolute atomic E-state index is 0.0717. The minimum atomic E-state index is -0.643. The van der Waals surface area contributed by atoms with E-state index in [9.17, 15) is 23.7 Å². The summed E-state index contributed by atoms with van der Waals surface area (Å²) in [6.45, 7) is 0. The summed E-state index contributed by atoms with van der Waals surface area (Å²) in [5.74, 6) is -1.40. The van der Waals surface area contributed by atoms with E-state index in [-0.39, 0.29) is 28.0 Å². The molecule has 1 amide bonds. The predicted octanol–water partition coefficient (Wildman–Crippen LogP) is 6.96. The smallest absolute Gasteiger partial charge is 0.267 e. The summed E-state index contributed by atoms with van der Waals surface area (Å²) in [5, 5.41) is 17.4. The van der Waals surface area contributed by atoms with Gasteiger partial charge in [-0.1, -0.05) is 35.9 Å². The molecule has 2 atom stereocenters. The predicted molar refractivity (Wildman–Crippen MR) is 133 cm³/mol. The second kappa shape index (κ2) is 9.62. The van der Waals surface area contributed by atoms with E-state index in [1.165, 1.54) is 41.4 Å². The highest BCUT2D eigenvalue weighted by molar-refractivity contribution is 6.32. The summed E-state index contributed by atoms with van der Waals surface area (Å²) in [6.07, 6.45) is 4.28.